The standard InChI is InChI=1S/C23H29N3O/c1-17-7-5-6-10-21(17)23(27)26-15-19-13-25(14-20(19)16-26)12-11-22(24)18-8-3-2-4-9-18/h2-10,19-20,22H,11-16,24H2,1H3/t19?,20?,22-/m0/s1. The Morgan fingerprint density at radius 1 is 1.00 bits per heavy atom. The van der Waals surface area contributed by atoms with Crippen molar-refractivity contribution in [1.82, 2.24) is 9.80 Å². The Morgan fingerprint density at radius 3 is 2.30 bits per heavy atom. The first kappa shape index (κ1) is 18.2. The normalized spacial score (nSPS) is 23.4. The molecule has 4 nitrogen and oxygen atoms in total. The number of rotatable bonds is 5. The van der Waals surface area contributed by atoms with Crippen LogP contribution in [-0.2, 0) is 0 Å². The van der Waals surface area contributed by atoms with Gasteiger partial charge in [0.2, 0.25) is 0 Å². The molecule has 3 atom stereocenters. The third kappa shape index (κ3) is 3.92. The van der Waals surface area contributed by atoms with Crippen LogP contribution in [0.5, 0.6) is 0 Å². The van der Waals surface area contributed by atoms with E-state index in [-0.39, 0.29) is 11.9 Å². The van der Waals surface area contributed by atoms with Gasteiger partial charge in [0.25, 0.3) is 5.91 Å². The summed E-state index contributed by atoms with van der Waals surface area (Å²) >= 11 is 0. The molecule has 0 saturated carbocycles. The average molecular weight is 364 g/mol. The summed E-state index contributed by atoms with van der Waals surface area (Å²) in [7, 11) is 0. The van der Waals surface area contributed by atoms with Crippen LogP contribution >= 0.6 is 0 Å². The molecule has 2 N–H and O–H groups in total. The number of nitrogens with two attached hydrogens (primary N) is 1. The minimum absolute atomic E-state index is 0.103. The largest absolute Gasteiger partial charge is 0.338 e. The molecule has 2 saturated heterocycles. The fraction of sp³-hybridized carbons (Fsp3) is 0.435. The molecule has 4 rings (SSSR count). The van der Waals surface area contributed by atoms with E-state index in [1.165, 1.54) is 5.56 Å². The van der Waals surface area contributed by atoms with Crippen molar-refractivity contribution in [3.8, 4) is 0 Å². The molecule has 2 aromatic carbocycles. The zero-order valence-electron chi connectivity index (χ0n) is 16.1. The van der Waals surface area contributed by atoms with Gasteiger partial charge in [-0.2, -0.15) is 0 Å². The van der Waals surface area contributed by atoms with Crippen LogP contribution in [0.3, 0.4) is 0 Å². The van der Waals surface area contributed by atoms with Crippen molar-refractivity contribution in [3.05, 3.63) is 71.3 Å². The van der Waals surface area contributed by atoms with Gasteiger partial charge in [0.1, 0.15) is 0 Å². The maximum absolute atomic E-state index is 12.8. The highest BCUT2D eigenvalue weighted by atomic mass is 16.2. The second-order valence-corrected chi connectivity index (χ2v) is 8.11. The number of aryl methyl sites for hydroxylation is 1. The summed E-state index contributed by atoms with van der Waals surface area (Å²) in [5.41, 5.74) is 9.48. The highest BCUT2D eigenvalue weighted by Gasteiger charge is 2.41. The van der Waals surface area contributed by atoms with Crippen LogP contribution in [-0.4, -0.2) is 48.4 Å². The SMILES string of the molecule is Cc1ccccc1C(=O)N1CC2CN(CC[C@H](N)c3ccccc3)CC2C1. The van der Waals surface area contributed by atoms with Crippen LogP contribution in [0.2, 0.25) is 0 Å². The van der Waals surface area contributed by atoms with Gasteiger partial charge in [-0.25, -0.2) is 0 Å². The molecule has 4 heteroatoms. The van der Waals surface area contributed by atoms with E-state index >= 15 is 0 Å². The Bertz CT molecular complexity index is 777. The highest BCUT2D eigenvalue weighted by Crippen LogP contribution is 2.32. The van der Waals surface area contributed by atoms with Crippen LogP contribution in [0, 0.1) is 18.8 Å². The molecule has 0 spiro atoms. The number of carbonyl (C=O) groups excluding carboxylic acids is 1. The molecule has 2 aliphatic rings. The predicted octanol–water partition coefficient (Wildman–Crippen LogP) is 3.09. The van der Waals surface area contributed by atoms with Gasteiger partial charge in [-0.3, -0.25) is 4.79 Å². The fourth-order valence-corrected chi connectivity index (χ4v) is 4.61. The molecule has 2 fully saturated rings. The number of carbonyl (C=O) groups is 1. The van der Waals surface area contributed by atoms with E-state index in [4.69, 9.17) is 5.73 Å². The summed E-state index contributed by atoms with van der Waals surface area (Å²) in [6, 6.07) is 18.4. The second-order valence-electron chi connectivity index (χ2n) is 8.11. The zero-order chi connectivity index (χ0) is 18.8. The predicted molar refractivity (Wildman–Crippen MR) is 108 cm³/mol. The summed E-state index contributed by atoms with van der Waals surface area (Å²) < 4.78 is 0. The molecule has 0 bridgehead atoms. The summed E-state index contributed by atoms with van der Waals surface area (Å²) in [5.74, 6) is 1.40. The van der Waals surface area contributed by atoms with Crippen molar-refractivity contribution >= 4 is 5.91 Å². The van der Waals surface area contributed by atoms with Crippen LogP contribution in [0.15, 0.2) is 54.6 Å². The number of likely N-dealkylation sites (tertiary alicyclic amines) is 2. The lowest BCUT2D eigenvalue weighted by Crippen LogP contribution is -2.34. The van der Waals surface area contributed by atoms with E-state index in [0.717, 1.165) is 50.3 Å². The first-order valence-corrected chi connectivity index (χ1v) is 9.99. The third-order valence-electron chi connectivity index (χ3n) is 6.21. The van der Waals surface area contributed by atoms with Crippen LogP contribution in [0.25, 0.3) is 0 Å². The molecule has 2 heterocycles. The van der Waals surface area contributed by atoms with Crippen molar-refractivity contribution < 1.29 is 4.79 Å². The van der Waals surface area contributed by atoms with Gasteiger partial charge >= 0.3 is 0 Å². The van der Waals surface area contributed by atoms with Crippen molar-refractivity contribution in [1.29, 1.82) is 0 Å². The van der Waals surface area contributed by atoms with Crippen molar-refractivity contribution in [2.45, 2.75) is 19.4 Å². The number of hydrogen-bond donors (Lipinski definition) is 1. The molecule has 0 radical (unpaired) electrons. The quantitative estimate of drug-likeness (QED) is 0.888. The lowest BCUT2D eigenvalue weighted by atomic mass is 10.0. The summed E-state index contributed by atoms with van der Waals surface area (Å²) in [6.45, 7) is 7.00. The molecule has 0 aliphatic carbocycles. The van der Waals surface area contributed by atoms with Gasteiger partial charge in [-0.05, 0) is 48.9 Å². The molecular weight excluding hydrogens is 334 g/mol. The third-order valence-corrected chi connectivity index (χ3v) is 6.21. The van der Waals surface area contributed by atoms with E-state index in [9.17, 15) is 4.79 Å². The first-order valence-electron chi connectivity index (χ1n) is 9.99. The number of fused-ring (bicyclic) bond motifs is 1. The lowest BCUT2D eigenvalue weighted by Gasteiger charge is -2.23. The van der Waals surface area contributed by atoms with E-state index < -0.39 is 0 Å². The molecule has 1 amide bonds. The highest BCUT2D eigenvalue weighted by molar-refractivity contribution is 5.95. The first-order chi connectivity index (χ1) is 13.1. The molecule has 0 aromatic heterocycles. The Hall–Kier alpha value is -2.17. The lowest BCUT2D eigenvalue weighted by molar-refractivity contribution is 0.0773. The van der Waals surface area contributed by atoms with Gasteiger partial charge in [-0.1, -0.05) is 48.5 Å². The minimum Gasteiger partial charge on any atom is -0.338 e. The smallest absolute Gasteiger partial charge is 0.254 e. The molecule has 27 heavy (non-hydrogen) atoms. The van der Waals surface area contributed by atoms with Crippen LogP contribution in [0.1, 0.15) is 33.9 Å². The maximum Gasteiger partial charge on any atom is 0.254 e. The summed E-state index contributed by atoms with van der Waals surface area (Å²) in [6.07, 6.45) is 0.981. The summed E-state index contributed by atoms with van der Waals surface area (Å²) in [4.78, 5) is 17.4. The maximum atomic E-state index is 12.8. The zero-order valence-corrected chi connectivity index (χ0v) is 16.1. The van der Waals surface area contributed by atoms with Gasteiger partial charge in [0.15, 0.2) is 0 Å². The van der Waals surface area contributed by atoms with E-state index in [2.05, 4.69) is 34.1 Å². The fourth-order valence-electron chi connectivity index (χ4n) is 4.61. The molecule has 2 unspecified atom stereocenters. The van der Waals surface area contributed by atoms with E-state index in [1.807, 2.05) is 37.3 Å². The average Bonchev–Trinajstić information content (AvgIpc) is 3.25. The van der Waals surface area contributed by atoms with Crippen molar-refractivity contribution in [2.24, 2.45) is 17.6 Å². The van der Waals surface area contributed by atoms with E-state index in [0.29, 0.717) is 11.8 Å². The van der Waals surface area contributed by atoms with Crippen molar-refractivity contribution in [3.63, 3.8) is 0 Å². The number of benzene rings is 2. The summed E-state index contributed by atoms with van der Waals surface area (Å²) in [5, 5.41) is 0. The van der Waals surface area contributed by atoms with Gasteiger partial charge in [0, 0.05) is 37.8 Å². The van der Waals surface area contributed by atoms with Gasteiger partial charge < -0.3 is 15.5 Å². The second kappa shape index (κ2) is 7.83. The number of hydrogen-bond acceptors (Lipinski definition) is 3. The Labute approximate surface area is 162 Å². The van der Waals surface area contributed by atoms with Gasteiger partial charge in [-0.15, -0.1) is 0 Å². The van der Waals surface area contributed by atoms with Crippen LogP contribution < -0.4 is 5.73 Å². The molecule has 142 valence electrons. The van der Waals surface area contributed by atoms with Crippen molar-refractivity contribution in [2.75, 3.05) is 32.7 Å². The van der Waals surface area contributed by atoms with Crippen LogP contribution in [0.4, 0.5) is 0 Å². The molecule has 2 aromatic rings. The minimum atomic E-state index is 0.103. The topological polar surface area (TPSA) is 49.6 Å². The molecular formula is C23H29N3O. The monoisotopic (exact) mass is 363 g/mol. The Morgan fingerprint density at radius 2 is 1.63 bits per heavy atom. The number of nitrogens with zero attached hydrogens (tertiary/aromatic N) is 2. The van der Waals surface area contributed by atoms with Gasteiger partial charge in [0.05, 0.1) is 0 Å². The van der Waals surface area contributed by atoms with E-state index in [1.54, 1.807) is 0 Å². The Balaban J connectivity index is 1.28. The Kier molecular flexibility index (Phi) is 5.28. The molecule has 2 aliphatic heterocycles. The number of amides is 1.